The smallest absolute Gasteiger partial charge is 0.336 e. The summed E-state index contributed by atoms with van der Waals surface area (Å²) in [5, 5.41) is 14.3. The molecule has 194 valence electrons. The first kappa shape index (κ1) is 26.5. The van der Waals surface area contributed by atoms with Gasteiger partial charge in [-0.25, -0.2) is 9.48 Å². The highest BCUT2D eigenvalue weighted by Gasteiger charge is 2.22. The number of rotatable bonds is 8. The van der Waals surface area contributed by atoms with Gasteiger partial charge in [-0.05, 0) is 62.4 Å². The summed E-state index contributed by atoms with van der Waals surface area (Å²) in [6.07, 6.45) is 0. The number of benzene rings is 3. The van der Waals surface area contributed by atoms with Crippen LogP contribution >= 0.6 is 11.8 Å². The molecule has 0 fully saturated rings. The number of para-hydroxylation sites is 1. The van der Waals surface area contributed by atoms with Gasteiger partial charge in [0.05, 0.1) is 27.8 Å². The van der Waals surface area contributed by atoms with Crippen molar-refractivity contribution in [2.75, 3.05) is 10.6 Å². The summed E-state index contributed by atoms with van der Waals surface area (Å²) < 4.78 is 3.21. The maximum Gasteiger partial charge on any atom is 0.336 e. The molecule has 0 spiro atoms. The maximum atomic E-state index is 13.1. The van der Waals surface area contributed by atoms with Crippen LogP contribution in [0.2, 0.25) is 0 Å². The van der Waals surface area contributed by atoms with Crippen molar-refractivity contribution in [2.45, 2.75) is 24.0 Å². The molecule has 3 aromatic carbocycles. The van der Waals surface area contributed by atoms with Gasteiger partial charge in [0.2, 0.25) is 5.91 Å². The van der Waals surface area contributed by atoms with Crippen LogP contribution < -0.4 is 16.2 Å². The number of carbonyl (C=O) groups excluding carboxylic acids is 2. The lowest BCUT2D eigenvalue weighted by atomic mass is 10.1. The fraction of sp³-hybridized carbons (Fsp3) is 0.143. The van der Waals surface area contributed by atoms with Crippen molar-refractivity contribution in [3.63, 3.8) is 0 Å². The van der Waals surface area contributed by atoms with Gasteiger partial charge in [0.25, 0.3) is 11.5 Å². The van der Waals surface area contributed by atoms with Crippen LogP contribution in [0.4, 0.5) is 11.4 Å². The second kappa shape index (κ2) is 11.2. The third kappa shape index (κ3) is 5.55. The average molecular weight is 531 g/mol. The van der Waals surface area contributed by atoms with Crippen LogP contribution in [0.25, 0.3) is 5.69 Å². The van der Waals surface area contributed by atoms with Gasteiger partial charge in [0.15, 0.2) is 0 Å². The molecule has 0 aliphatic heterocycles. The molecule has 0 bridgehead atoms. The fourth-order valence-electron chi connectivity index (χ4n) is 3.88. The molecule has 1 heterocycles. The molecular weight excluding hydrogens is 504 g/mol. The largest absolute Gasteiger partial charge is 0.478 e. The fourth-order valence-corrected chi connectivity index (χ4v) is 4.75. The monoisotopic (exact) mass is 530 g/mol. The molecule has 4 rings (SSSR count). The van der Waals surface area contributed by atoms with Crippen LogP contribution in [0.15, 0.2) is 88.6 Å². The number of carbonyl (C=O) groups is 3. The van der Waals surface area contributed by atoms with Crippen LogP contribution in [0, 0.1) is 6.92 Å². The molecule has 9 nitrogen and oxygen atoms in total. The number of hydrogen-bond donors (Lipinski definition) is 3. The van der Waals surface area contributed by atoms with E-state index in [1.54, 1.807) is 62.0 Å². The standard InChI is InChI=1S/C28H26N4O5S/c1-17-24(27(35)32(31(17)3)20-9-5-4-6-10-20)30-25(33)18(2)38-21-15-13-19(14-16-21)29-26(34)22-11-7-8-12-23(22)28(36)37/h4-16,18H,1-3H3,(H,29,34)(H,30,33)(H,36,37). The van der Waals surface area contributed by atoms with Crippen molar-refractivity contribution in [2.24, 2.45) is 7.05 Å². The zero-order valence-electron chi connectivity index (χ0n) is 21.0. The van der Waals surface area contributed by atoms with E-state index in [2.05, 4.69) is 10.6 Å². The zero-order valence-corrected chi connectivity index (χ0v) is 21.8. The molecule has 0 radical (unpaired) electrons. The molecule has 0 saturated heterocycles. The highest BCUT2D eigenvalue weighted by molar-refractivity contribution is 8.00. The Morgan fingerprint density at radius 3 is 2.11 bits per heavy atom. The van der Waals surface area contributed by atoms with Crippen molar-refractivity contribution in [3.05, 3.63) is 106 Å². The Kier molecular flexibility index (Phi) is 7.82. The minimum atomic E-state index is -1.18. The lowest BCUT2D eigenvalue weighted by Gasteiger charge is -2.12. The first-order valence-corrected chi connectivity index (χ1v) is 12.6. The number of amides is 2. The first-order chi connectivity index (χ1) is 18.2. The van der Waals surface area contributed by atoms with Crippen molar-refractivity contribution < 1.29 is 19.5 Å². The number of thioether (sulfide) groups is 1. The van der Waals surface area contributed by atoms with Crippen molar-refractivity contribution >= 4 is 40.9 Å². The Morgan fingerprint density at radius 2 is 1.47 bits per heavy atom. The van der Waals surface area contributed by atoms with E-state index in [1.807, 2.05) is 30.3 Å². The number of anilines is 2. The number of aromatic nitrogens is 2. The Hall–Kier alpha value is -4.57. The Labute approximate surface area is 223 Å². The number of nitrogens with zero attached hydrogens (tertiary/aromatic N) is 2. The normalized spacial score (nSPS) is 11.6. The number of hydrogen-bond acceptors (Lipinski definition) is 5. The summed E-state index contributed by atoms with van der Waals surface area (Å²) in [5.74, 6) is -2.03. The molecule has 4 aromatic rings. The summed E-state index contributed by atoms with van der Waals surface area (Å²) in [6.45, 7) is 3.52. The van der Waals surface area contributed by atoms with Crippen molar-refractivity contribution in [1.82, 2.24) is 9.36 Å². The van der Waals surface area contributed by atoms with Gasteiger partial charge in [-0.3, -0.25) is 19.1 Å². The van der Waals surface area contributed by atoms with Crippen molar-refractivity contribution in [1.29, 1.82) is 0 Å². The van der Waals surface area contributed by atoms with E-state index in [1.165, 1.54) is 28.6 Å². The van der Waals surface area contributed by atoms with Gasteiger partial charge in [-0.1, -0.05) is 30.3 Å². The number of carboxylic acids is 1. The van der Waals surface area contributed by atoms with Gasteiger partial charge < -0.3 is 15.7 Å². The lowest BCUT2D eigenvalue weighted by Crippen LogP contribution is -2.27. The molecule has 0 aliphatic rings. The molecule has 10 heteroatoms. The summed E-state index contributed by atoms with van der Waals surface area (Å²) in [7, 11) is 1.76. The van der Waals surface area contributed by atoms with Crippen LogP contribution in [0.5, 0.6) is 0 Å². The second-order valence-electron chi connectivity index (χ2n) is 8.52. The van der Waals surface area contributed by atoms with E-state index in [-0.39, 0.29) is 28.3 Å². The van der Waals surface area contributed by atoms with E-state index in [0.717, 1.165) is 4.90 Å². The Bertz CT molecular complexity index is 1560. The summed E-state index contributed by atoms with van der Waals surface area (Å²) in [5.41, 5.74) is 1.71. The molecule has 0 saturated carbocycles. The van der Waals surface area contributed by atoms with E-state index in [0.29, 0.717) is 17.1 Å². The van der Waals surface area contributed by atoms with Gasteiger partial charge in [-0.15, -0.1) is 11.8 Å². The minimum Gasteiger partial charge on any atom is -0.478 e. The zero-order chi connectivity index (χ0) is 27.4. The van der Waals surface area contributed by atoms with Crippen LogP contribution in [-0.4, -0.2) is 37.5 Å². The number of nitrogens with one attached hydrogen (secondary N) is 2. The van der Waals surface area contributed by atoms with Crippen LogP contribution in [0.3, 0.4) is 0 Å². The van der Waals surface area contributed by atoms with E-state index in [9.17, 15) is 24.3 Å². The molecule has 38 heavy (non-hydrogen) atoms. The molecule has 1 unspecified atom stereocenters. The van der Waals surface area contributed by atoms with E-state index < -0.39 is 17.1 Å². The number of carboxylic acid groups (broad SMARTS) is 1. The molecule has 3 N–H and O–H groups in total. The number of aromatic carboxylic acids is 1. The molecule has 2 amide bonds. The van der Waals surface area contributed by atoms with Crippen molar-refractivity contribution in [3.8, 4) is 5.69 Å². The SMILES string of the molecule is Cc1c(NC(=O)C(C)Sc2ccc(NC(=O)c3ccccc3C(=O)O)cc2)c(=O)n(-c2ccccc2)n1C. The summed E-state index contributed by atoms with van der Waals surface area (Å²) in [4.78, 5) is 50.7. The lowest BCUT2D eigenvalue weighted by molar-refractivity contribution is -0.115. The maximum absolute atomic E-state index is 13.1. The Balaban J connectivity index is 1.42. The molecule has 1 aromatic heterocycles. The topological polar surface area (TPSA) is 122 Å². The molecular formula is C28H26N4O5S. The van der Waals surface area contributed by atoms with E-state index in [4.69, 9.17) is 0 Å². The minimum absolute atomic E-state index is 0.0614. The predicted octanol–water partition coefficient (Wildman–Crippen LogP) is 4.55. The van der Waals surface area contributed by atoms with E-state index >= 15 is 0 Å². The molecule has 0 aliphatic carbocycles. The highest BCUT2D eigenvalue weighted by Crippen LogP contribution is 2.26. The van der Waals surface area contributed by atoms with Crippen LogP contribution in [0.1, 0.15) is 33.3 Å². The summed E-state index contributed by atoms with van der Waals surface area (Å²) in [6, 6.07) is 22.0. The third-order valence-electron chi connectivity index (χ3n) is 6.00. The van der Waals surface area contributed by atoms with Crippen LogP contribution in [-0.2, 0) is 11.8 Å². The van der Waals surface area contributed by atoms with Gasteiger partial charge in [0.1, 0.15) is 5.69 Å². The summed E-state index contributed by atoms with van der Waals surface area (Å²) >= 11 is 1.30. The molecule has 1 atom stereocenters. The van der Waals surface area contributed by atoms with Gasteiger partial charge in [-0.2, -0.15) is 0 Å². The van der Waals surface area contributed by atoms with Gasteiger partial charge >= 0.3 is 5.97 Å². The Morgan fingerprint density at radius 1 is 0.868 bits per heavy atom. The quantitative estimate of drug-likeness (QED) is 0.287. The average Bonchev–Trinajstić information content (AvgIpc) is 3.12. The third-order valence-corrected chi connectivity index (χ3v) is 7.11. The predicted molar refractivity (Wildman–Crippen MR) is 147 cm³/mol. The van der Waals surface area contributed by atoms with Gasteiger partial charge in [0, 0.05) is 17.6 Å². The second-order valence-corrected chi connectivity index (χ2v) is 9.93. The first-order valence-electron chi connectivity index (χ1n) is 11.7. The highest BCUT2D eigenvalue weighted by atomic mass is 32.2.